The van der Waals surface area contributed by atoms with Crippen LogP contribution in [0.3, 0.4) is 0 Å². The molecular formula is C23H24ClNO2S2. The first-order chi connectivity index (χ1) is 14.0. The number of hydrogen-bond acceptors (Lipinski definition) is 3. The van der Waals surface area contributed by atoms with Crippen LogP contribution in [0.1, 0.15) is 30.5 Å². The Bertz CT molecular complexity index is 1040. The van der Waals surface area contributed by atoms with Gasteiger partial charge in [0, 0.05) is 16.5 Å². The highest BCUT2D eigenvalue weighted by atomic mass is 35.5. The summed E-state index contributed by atoms with van der Waals surface area (Å²) in [6.45, 7) is 2.30. The van der Waals surface area contributed by atoms with Crippen LogP contribution in [-0.2, 0) is 16.6 Å². The Kier molecular flexibility index (Phi) is 7.41. The lowest BCUT2D eigenvalue weighted by Crippen LogP contribution is -2.34. The van der Waals surface area contributed by atoms with Crippen molar-refractivity contribution in [3.05, 3.63) is 95.0 Å². The molecule has 0 heterocycles. The molecule has 3 aromatic carbocycles. The Morgan fingerprint density at radius 2 is 1.66 bits per heavy atom. The van der Waals surface area contributed by atoms with Gasteiger partial charge in [-0.15, -0.1) is 11.8 Å². The smallest absolute Gasteiger partial charge is 0.207 e. The van der Waals surface area contributed by atoms with Gasteiger partial charge in [0.05, 0.1) is 10.9 Å². The highest BCUT2D eigenvalue weighted by Crippen LogP contribution is 2.33. The quantitative estimate of drug-likeness (QED) is 0.376. The first kappa shape index (κ1) is 21.9. The number of thioether (sulfide) groups is 1. The van der Waals surface area contributed by atoms with Crippen LogP contribution in [0.15, 0.2) is 88.7 Å². The van der Waals surface area contributed by atoms with Gasteiger partial charge < -0.3 is 0 Å². The van der Waals surface area contributed by atoms with Crippen LogP contribution in [0.25, 0.3) is 0 Å². The minimum atomic E-state index is -3.75. The van der Waals surface area contributed by atoms with Gasteiger partial charge in [-0.3, -0.25) is 0 Å². The SMILES string of the molecule is CCC(c1ccccc1)N(Cc1ccc(SC)cc1)S(=O)(=O)c1cccc(Cl)c1. The molecule has 0 saturated carbocycles. The molecule has 1 unspecified atom stereocenters. The molecule has 0 saturated heterocycles. The molecule has 0 N–H and O–H groups in total. The summed E-state index contributed by atoms with van der Waals surface area (Å²) in [6, 6.07) is 24.0. The molecule has 3 rings (SSSR count). The normalized spacial score (nSPS) is 12.8. The highest BCUT2D eigenvalue weighted by molar-refractivity contribution is 7.98. The van der Waals surface area contributed by atoms with Gasteiger partial charge in [0.15, 0.2) is 0 Å². The van der Waals surface area contributed by atoms with E-state index < -0.39 is 10.0 Å². The van der Waals surface area contributed by atoms with Gasteiger partial charge in [-0.05, 0) is 54.1 Å². The van der Waals surface area contributed by atoms with E-state index in [9.17, 15) is 8.42 Å². The third kappa shape index (κ3) is 5.23. The fourth-order valence-corrected chi connectivity index (χ4v) is 5.70. The van der Waals surface area contributed by atoms with Gasteiger partial charge in [-0.2, -0.15) is 4.31 Å². The minimum Gasteiger partial charge on any atom is -0.207 e. The highest BCUT2D eigenvalue weighted by Gasteiger charge is 2.32. The van der Waals surface area contributed by atoms with Gasteiger partial charge in [0.1, 0.15) is 0 Å². The van der Waals surface area contributed by atoms with Crippen molar-refractivity contribution in [1.82, 2.24) is 4.31 Å². The standard InChI is InChI=1S/C23H24ClNO2S2/c1-3-23(19-8-5-4-6-9-19)25(17-18-12-14-21(28-2)15-13-18)29(26,27)22-11-7-10-20(24)16-22/h4-16,23H,3,17H2,1-2H3. The zero-order chi connectivity index (χ0) is 20.9. The maximum atomic E-state index is 13.6. The van der Waals surface area contributed by atoms with Crippen LogP contribution < -0.4 is 0 Å². The van der Waals surface area contributed by atoms with Crippen molar-refractivity contribution < 1.29 is 8.42 Å². The average molecular weight is 446 g/mol. The summed E-state index contributed by atoms with van der Waals surface area (Å²) >= 11 is 7.76. The molecule has 0 fully saturated rings. The zero-order valence-corrected chi connectivity index (χ0v) is 18.8. The van der Waals surface area contributed by atoms with E-state index in [2.05, 4.69) is 0 Å². The molecule has 3 nitrogen and oxygen atoms in total. The molecule has 0 radical (unpaired) electrons. The van der Waals surface area contributed by atoms with Crippen molar-refractivity contribution >= 4 is 33.4 Å². The molecular weight excluding hydrogens is 422 g/mol. The number of rotatable bonds is 8. The molecule has 6 heteroatoms. The average Bonchev–Trinajstić information content (AvgIpc) is 2.75. The number of nitrogens with zero attached hydrogens (tertiary/aromatic N) is 1. The van der Waals surface area contributed by atoms with Crippen molar-refractivity contribution in [3.63, 3.8) is 0 Å². The third-order valence-electron chi connectivity index (χ3n) is 4.82. The van der Waals surface area contributed by atoms with Gasteiger partial charge in [-0.1, -0.05) is 67.1 Å². The predicted molar refractivity (Wildman–Crippen MR) is 122 cm³/mol. The third-order valence-corrected chi connectivity index (χ3v) is 7.65. The van der Waals surface area contributed by atoms with Crippen molar-refractivity contribution in [2.45, 2.75) is 35.7 Å². The first-order valence-corrected chi connectivity index (χ1v) is 12.4. The van der Waals surface area contributed by atoms with Gasteiger partial charge in [-0.25, -0.2) is 8.42 Å². The fraction of sp³-hybridized carbons (Fsp3) is 0.217. The van der Waals surface area contributed by atoms with Crippen molar-refractivity contribution in [2.75, 3.05) is 6.26 Å². The second kappa shape index (κ2) is 9.81. The molecule has 0 amide bonds. The molecule has 152 valence electrons. The molecule has 0 aliphatic carbocycles. The summed E-state index contributed by atoms with van der Waals surface area (Å²) in [5.41, 5.74) is 1.92. The molecule has 1 atom stereocenters. The van der Waals surface area contributed by atoms with E-state index in [1.165, 1.54) is 6.07 Å². The van der Waals surface area contributed by atoms with Crippen LogP contribution >= 0.6 is 23.4 Å². The molecule has 0 aromatic heterocycles. The molecule has 0 bridgehead atoms. The summed E-state index contributed by atoms with van der Waals surface area (Å²) < 4.78 is 28.9. The molecule has 0 aliphatic rings. The zero-order valence-electron chi connectivity index (χ0n) is 16.5. The Morgan fingerprint density at radius 1 is 0.966 bits per heavy atom. The first-order valence-electron chi connectivity index (χ1n) is 9.41. The van der Waals surface area contributed by atoms with Gasteiger partial charge in [0.25, 0.3) is 0 Å². The van der Waals surface area contributed by atoms with Crippen LogP contribution in [0, 0.1) is 0 Å². The Labute approximate surface area is 182 Å². The Balaban J connectivity index is 2.06. The van der Waals surface area contributed by atoms with Crippen LogP contribution in [0.5, 0.6) is 0 Å². The summed E-state index contributed by atoms with van der Waals surface area (Å²) in [4.78, 5) is 1.35. The topological polar surface area (TPSA) is 37.4 Å². The van der Waals surface area contributed by atoms with E-state index >= 15 is 0 Å². The number of halogens is 1. The van der Waals surface area contributed by atoms with Crippen LogP contribution in [0.4, 0.5) is 0 Å². The van der Waals surface area contributed by atoms with E-state index in [4.69, 9.17) is 11.6 Å². The van der Waals surface area contributed by atoms with E-state index in [-0.39, 0.29) is 17.5 Å². The second-order valence-corrected chi connectivity index (χ2v) is 9.90. The summed E-state index contributed by atoms with van der Waals surface area (Å²) in [6.07, 6.45) is 2.68. The number of hydrogen-bond donors (Lipinski definition) is 0. The van der Waals surface area contributed by atoms with Gasteiger partial charge >= 0.3 is 0 Å². The Hall–Kier alpha value is -1.79. The minimum absolute atomic E-state index is 0.208. The van der Waals surface area contributed by atoms with E-state index in [0.717, 1.165) is 16.0 Å². The lowest BCUT2D eigenvalue weighted by molar-refractivity contribution is 0.310. The van der Waals surface area contributed by atoms with E-state index in [1.54, 1.807) is 34.3 Å². The molecule has 0 aliphatic heterocycles. The second-order valence-electron chi connectivity index (χ2n) is 6.69. The van der Waals surface area contributed by atoms with Crippen molar-refractivity contribution in [3.8, 4) is 0 Å². The van der Waals surface area contributed by atoms with Crippen LogP contribution in [0.2, 0.25) is 5.02 Å². The monoisotopic (exact) mass is 445 g/mol. The van der Waals surface area contributed by atoms with E-state index in [1.807, 2.05) is 67.8 Å². The van der Waals surface area contributed by atoms with Crippen molar-refractivity contribution in [1.29, 1.82) is 0 Å². The van der Waals surface area contributed by atoms with Gasteiger partial charge in [0.2, 0.25) is 10.0 Å². The number of sulfonamides is 1. The lowest BCUT2D eigenvalue weighted by Gasteiger charge is -2.31. The summed E-state index contributed by atoms with van der Waals surface area (Å²) in [7, 11) is -3.75. The summed E-state index contributed by atoms with van der Waals surface area (Å²) in [5.74, 6) is 0. The molecule has 0 spiro atoms. The van der Waals surface area contributed by atoms with E-state index in [0.29, 0.717) is 11.4 Å². The predicted octanol–water partition coefficient (Wildman–Crippen LogP) is 6.40. The Morgan fingerprint density at radius 3 is 2.24 bits per heavy atom. The fourth-order valence-electron chi connectivity index (χ4n) is 3.32. The summed E-state index contributed by atoms with van der Waals surface area (Å²) in [5, 5.41) is 0.406. The lowest BCUT2D eigenvalue weighted by atomic mass is 10.0. The number of benzene rings is 3. The largest absolute Gasteiger partial charge is 0.243 e. The maximum absolute atomic E-state index is 13.6. The van der Waals surface area contributed by atoms with Crippen molar-refractivity contribution in [2.24, 2.45) is 0 Å². The molecule has 29 heavy (non-hydrogen) atoms. The maximum Gasteiger partial charge on any atom is 0.243 e. The molecule has 3 aromatic rings. The van der Waals surface area contributed by atoms with Crippen LogP contribution in [-0.4, -0.2) is 19.0 Å².